The summed E-state index contributed by atoms with van der Waals surface area (Å²) >= 11 is 5.81. The zero-order valence-electron chi connectivity index (χ0n) is 13.8. The molecule has 0 fully saturated rings. The summed E-state index contributed by atoms with van der Waals surface area (Å²) in [6.07, 6.45) is 0.629. The van der Waals surface area contributed by atoms with E-state index in [-0.39, 0.29) is 30.3 Å². The maximum atomic E-state index is 12.3. The van der Waals surface area contributed by atoms with Crippen LogP contribution < -0.4 is 10.6 Å². The first kappa shape index (κ1) is 19.5. The second-order valence-electron chi connectivity index (χ2n) is 6.06. The first-order valence-corrected chi connectivity index (χ1v) is 8.18. The van der Waals surface area contributed by atoms with Crippen LogP contribution in [0.15, 0.2) is 24.3 Å². The minimum absolute atomic E-state index is 0.0422. The lowest BCUT2D eigenvalue weighted by Gasteiger charge is -2.22. The van der Waals surface area contributed by atoms with E-state index in [0.29, 0.717) is 23.6 Å². The number of hydrogen-bond acceptors (Lipinski definition) is 3. The van der Waals surface area contributed by atoms with E-state index in [1.165, 1.54) is 0 Å². The molecule has 0 radical (unpaired) electrons. The summed E-state index contributed by atoms with van der Waals surface area (Å²) in [5, 5.41) is 15.0. The molecule has 0 heterocycles. The van der Waals surface area contributed by atoms with Gasteiger partial charge < -0.3 is 15.7 Å². The van der Waals surface area contributed by atoms with Gasteiger partial charge in [-0.15, -0.1) is 0 Å². The number of aliphatic hydroxyl groups excluding tert-OH is 1. The second-order valence-corrected chi connectivity index (χ2v) is 6.50. The number of hydrogen-bond donors (Lipinski definition) is 3. The van der Waals surface area contributed by atoms with E-state index in [2.05, 4.69) is 10.6 Å². The summed E-state index contributed by atoms with van der Waals surface area (Å²) in [6, 6.07) is 5.90. The van der Waals surface area contributed by atoms with Gasteiger partial charge in [0.25, 0.3) is 5.91 Å². The molecule has 0 aliphatic carbocycles. The lowest BCUT2D eigenvalue weighted by Crippen LogP contribution is -2.50. The lowest BCUT2D eigenvalue weighted by molar-refractivity contribution is -0.124. The first-order chi connectivity index (χ1) is 10.8. The van der Waals surface area contributed by atoms with Crippen LogP contribution in [0.3, 0.4) is 0 Å². The van der Waals surface area contributed by atoms with Crippen molar-refractivity contribution < 1.29 is 14.7 Å². The molecule has 0 saturated carbocycles. The Balaban J connectivity index is 2.65. The number of aliphatic hydroxyl groups is 1. The highest BCUT2D eigenvalue weighted by molar-refractivity contribution is 6.30. The van der Waals surface area contributed by atoms with Crippen LogP contribution in [0.25, 0.3) is 0 Å². The Morgan fingerprint density at radius 3 is 2.30 bits per heavy atom. The summed E-state index contributed by atoms with van der Waals surface area (Å²) in [6.45, 7) is 6.28. The van der Waals surface area contributed by atoms with Crippen molar-refractivity contribution in [3.8, 4) is 0 Å². The molecule has 1 rings (SSSR count). The number of carbonyl (C=O) groups is 2. The molecule has 0 spiro atoms. The van der Waals surface area contributed by atoms with Gasteiger partial charge in [-0.3, -0.25) is 9.59 Å². The summed E-state index contributed by atoms with van der Waals surface area (Å²) in [4.78, 5) is 24.6. The average Bonchev–Trinajstić information content (AvgIpc) is 2.50. The van der Waals surface area contributed by atoms with Gasteiger partial charge >= 0.3 is 0 Å². The van der Waals surface area contributed by atoms with Crippen molar-refractivity contribution in [3.05, 3.63) is 34.9 Å². The number of halogens is 1. The van der Waals surface area contributed by atoms with Gasteiger partial charge in [0.15, 0.2) is 0 Å². The van der Waals surface area contributed by atoms with E-state index in [9.17, 15) is 9.59 Å². The maximum absolute atomic E-state index is 12.3. The molecule has 1 aromatic carbocycles. The van der Waals surface area contributed by atoms with Crippen molar-refractivity contribution in [2.24, 2.45) is 11.8 Å². The number of rotatable bonds is 8. The monoisotopic (exact) mass is 340 g/mol. The third kappa shape index (κ3) is 6.59. The van der Waals surface area contributed by atoms with Crippen LogP contribution in [-0.4, -0.2) is 36.1 Å². The Kier molecular flexibility index (Phi) is 8.06. The molecule has 3 N–H and O–H groups in total. The van der Waals surface area contributed by atoms with Gasteiger partial charge in [-0.1, -0.05) is 32.4 Å². The largest absolute Gasteiger partial charge is 0.396 e. The van der Waals surface area contributed by atoms with E-state index < -0.39 is 6.04 Å². The molecule has 0 aromatic heterocycles. The highest BCUT2D eigenvalue weighted by atomic mass is 35.5. The van der Waals surface area contributed by atoms with Gasteiger partial charge in [-0.2, -0.15) is 0 Å². The predicted octanol–water partition coefficient (Wildman–Crippen LogP) is 2.23. The van der Waals surface area contributed by atoms with Gasteiger partial charge in [0.2, 0.25) is 5.91 Å². The molecule has 5 nitrogen and oxygen atoms in total. The fourth-order valence-corrected chi connectivity index (χ4v) is 2.19. The molecule has 23 heavy (non-hydrogen) atoms. The van der Waals surface area contributed by atoms with Gasteiger partial charge in [-0.25, -0.2) is 0 Å². The number of amides is 2. The fraction of sp³-hybridized carbons (Fsp3) is 0.529. The molecular weight excluding hydrogens is 316 g/mol. The van der Waals surface area contributed by atoms with Crippen LogP contribution in [0.1, 0.15) is 37.6 Å². The quantitative estimate of drug-likeness (QED) is 0.679. The fourth-order valence-electron chi connectivity index (χ4n) is 2.07. The Bertz CT molecular complexity index is 517. The normalized spacial score (nSPS) is 13.5. The summed E-state index contributed by atoms with van der Waals surface area (Å²) in [5.74, 6) is -0.380. The standard InChI is InChI=1S/C17H25ClN2O3/c1-11(2)15(17(23)19-10-12(3)8-9-21)20-16(22)13-4-6-14(18)7-5-13/h4-7,11-12,15,21H,8-10H2,1-3H3,(H,19,23)(H,20,22). The van der Waals surface area contributed by atoms with Crippen molar-refractivity contribution >= 4 is 23.4 Å². The third-order valence-electron chi connectivity index (χ3n) is 3.59. The first-order valence-electron chi connectivity index (χ1n) is 7.80. The molecule has 2 unspecified atom stereocenters. The maximum Gasteiger partial charge on any atom is 0.251 e. The molecule has 0 bridgehead atoms. The van der Waals surface area contributed by atoms with Crippen LogP contribution in [0.2, 0.25) is 5.02 Å². The SMILES string of the molecule is CC(CCO)CNC(=O)C(NC(=O)c1ccc(Cl)cc1)C(C)C. The Hall–Kier alpha value is -1.59. The van der Waals surface area contributed by atoms with E-state index in [1.54, 1.807) is 24.3 Å². The van der Waals surface area contributed by atoms with E-state index in [4.69, 9.17) is 16.7 Å². The molecule has 0 aliphatic heterocycles. The highest BCUT2D eigenvalue weighted by Crippen LogP contribution is 2.11. The number of carbonyl (C=O) groups excluding carboxylic acids is 2. The van der Waals surface area contributed by atoms with Crippen molar-refractivity contribution in [2.75, 3.05) is 13.2 Å². The molecule has 0 aliphatic rings. The molecule has 6 heteroatoms. The minimum atomic E-state index is -0.612. The molecule has 128 valence electrons. The Morgan fingerprint density at radius 2 is 1.78 bits per heavy atom. The zero-order valence-corrected chi connectivity index (χ0v) is 14.6. The predicted molar refractivity (Wildman–Crippen MR) is 91.4 cm³/mol. The van der Waals surface area contributed by atoms with Crippen molar-refractivity contribution in [1.29, 1.82) is 0 Å². The molecule has 2 atom stereocenters. The van der Waals surface area contributed by atoms with E-state index in [1.807, 2.05) is 20.8 Å². The van der Waals surface area contributed by atoms with Gasteiger partial charge in [0.05, 0.1) is 0 Å². The smallest absolute Gasteiger partial charge is 0.251 e. The highest BCUT2D eigenvalue weighted by Gasteiger charge is 2.24. The lowest BCUT2D eigenvalue weighted by atomic mass is 10.0. The van der Waals surface area contributed by atoms with E-state index >= 15 is 0 Å². The van der Waals surface area contributed by atoms with Crippen LogP contribution in [-0.2, 0) is 4.79 Å². The van der Waals surface area contributed by atoms with Gasteiger partial charge in [-0.05, 0) is 42.5 Å². The molecule has 2 amide bonds. The van der Waals surface area contributed by atoms with Crippen molar-refractivity contribution in [2.45, 2.75) is 33.2 Å². The van der Waals surface area contributed by atoms with Crippen LogP contribution >= 0.6 is 11.6 Å². The number of nitrogens with one attached hydrogen (secondary N) is 2. The Labute approximate surface area is 142 Å². The van der Waals surface area contributed by atoms with Crippen LogP contribution in [0, 0.1) is 11.8 Å². The van der Waals surface area contributed by atoms with Gasteiger partial charge in [0, 0.05) is 23.7 Å². The van der Waals surface area contributed by atoms with Crippen LogP contribution in [0.4, 0.5) is 0 Å². The molecule has 1 aromatic rings. The third-order valence-corrected chi connectivity index (χ3v) is 3.84. The summed E-state index contributed by atoms with van der Waals surface area (Å²) in [5.41, 5.74) is 0.460. The second kappa shape index (κ2) is 9.53. The topological polar surface area (TPSA) is 78.4 Å². The number of benzene rings is 1. The van der Waals surface area contributed by atoms with Crippen LogP contribution in [0.5, 0.6) is 0 Å². The summed E-state index contributed by atoms with van der Waals surface area (Å²) < 4.78 is 0. The van der Waals surface area contributed by atoms with Gasteiger partial charge in [0.1, 0.15) is 6.04 Å². The molecular formula is C17H25ClN2O3. The van der Waals surface area contributed by atoms with Crippen molar-refractivity contribution in [3.63, 3.8) is 0 Å². The minimum Gasteiger partial charge on any atom is -0.396 e. The zero-order chi connectivity index (χ0) is 17.4. The average molecular weight is 341 g/mol. The van der Waals surface area contributed by atoms with E-state index in [0.717, 1.165) is 0 Å². The molecule has 0 saturated heterocycles. The summed E-state index contributed by atoms with van der Waals surface area (Å²) in [7, 11) is 0. The van der Waals surface area contributed by atoms with Crippen molar-refractivity contribution in [1.82, 2.24) is 10.6 Å². The Morgan fingerprint density at radius 1 is 1.17 bits per heavy atom.